The van der Waals surface area contributed by atoms with Crippen LogP contribution >= 0.6 is 0 Å². The molecule has 8 heterocycles. The summed E-state index contributed by atoms with van der Waals surface area (Å²) >= 11 is 0. The molecule has 0 fully saturated rings. The van der Waals surface area contributed by atoms with Crippen LogP contribution < -0.4 is 10.4 Å². The number of aromatic nitrogens is 2. The van der Waals surface area contributed by atoms with Gasteiger partial charge < -0.3 is 9.97 Å². The molecule has 1 aliphatic carbocycles. The van der Waals surface area contributed by atoms with Gasteiger partial charge in [-0.15, -0.1) is 0 Å². The van der Waals surface area contributed by atoms with Gasteiger partial charge in [-0.25, -0.2) is 9.98 Å². The lowest BCUT2D eigenvalue weighted by Gasteiger charge is -2.23. The van der Waals surface area contributed by atoms with Gasteiger partial charge in [-0.2, -0.15) is 0 Å². The van der Waals surface area contributed by atoms with E-state index in [1.807, 2.05) is 0 Å². The average Bonchev–Trinajstić information content (AvgIpc) is 1.91. The van der Waals surface area contributed by atoms with Gasteiger partial charge in [-0.05, 0) is 244 Å². The molecule has 0 amide bonds. The number of nitrogens with zero attached hydrogens (tertiary/aromatic N) is 2. The summed E-state index contributed by atoms with van der Waals surface area (Å²) in [4.78, 5) is 19.6. The lowest BCUT2D eigenvalue weighted by atomic mass is 9.81. The minimum atomic E-state index is 0.837. The van der Waals surface area contributed by atoms with Gasteiger partial charge in [0.2, 0.25) is 0 Å². The van der Waals surface area contributed by atoms with Crippen LogP contribution in [0.2, 0.25) is 0 Å². The molecule has 4 nitrogen and oxygen atoms in total. The van der Waals surface area contributed by atoms with Crippen LogP contribution in [0, 0.1) is 83.1 Å². The number of aryl methyl sites for hydroxylation is 12. The number of hydrogen-bond donors (Lipinski definition) is 2. The second-order valence-electron chi connectivity index (χ2n) is 24.5. The summed E-state index contributed by atoms with van der Waals surface area (Å²) in [6, 6.07) is 58.5. The standard InChI is InChI=1S/C82H74N4/c1-47-39-51(5)73(52(6)40-47)79-61-23-25-62(26-24-61)80(74-53(7)41-48(2)42-54(74)8)70-37-33-67(85-70)78(60-21-17-14-18-22-60)68-34-38-72(86-68)82(76-57(11)45-50(4)46-58(76)12)64-29-27-63(28-30-64)81(75-55(9)43-49(3)44-56(75)10)71-36-32-66(84-71)77(59-19-15-13-16-20-59)65-31-35-69(79)83-65/h13-27,29,31-46,83,86H,28,30H2,1-12H3. The molecule has 0 atom stereocenters. The summed E-state index contributed by atoms with van der Waals surface area (Å²) in [6.07, 6.45) is 15.4. The summed E-state index contributed by atoms with van der Waals surface area (Å²) in [5.74, 6) is 0. The van der Waals surface area contributed by atoms with Crippen LogP contribution in [0.1, 0.15) is 136 Å². The minimum absolute atomic E-state index is 0.837. The van der Waals surface area contributed by atoms with E-state index in [1.54, 1.807) is 0 Å². The lowest BCUT2D eigenvalue weighted by molar-refractivity contribution is 0.950. The van der Waals surface area contributed by atoms with Crippen LogP contribution in [0.5, 0.6) is 0 Å². The van der Waals surface area contributed by atoms with E-state index in [0.29, 0.717) is 0 Å². The molecule has 86 heavy (non-hydrogen) atoms. The van der Waals surface area contributed by atoms with Crippen molar-refractivity contribution >= 4 is 44.9 Å². The van der Waals surface area contributed by atoms with Gasteiger partial charge in [-0.3, -0.25) is 0 Å². The summed E-state index contributed by atoms with van der Waals surface area (Å²) in [5, 5.41) is 2.23. The second-order valence-corrected chi connectivity index (χ2v) is 24.5. The Labute approximate surface area is 508 Å². The monoisotopic (exact) mass is 1110 g/mol. The zero-order valence-electron chi connectivity index (χ0n) is 51.8. The molecule has 0 saturated carbocycles. The molecule has 9 aromatic rings. The highest BCUT2D eigenvalue weighted by Gasteiger charge is 2.28. The van der Waals surface area contributed by atoms with Crippen molar-refractivity contribution in [2.24, 2.45) is 9.98 Å². The average molecular weight is 1120 g/mol. The van der Waals surface area contributed by atoms with E-state index in [4.69, 9.17) is 9.98 Å². The molecular weight excluding hydrogens is 1040 g/mol. The number of aliphatic imine (C=N–C) groups is 2. The fraction of sp³-hybridized carbons (Fsp3) is 0.171. The molecule has 7 aliphatic rings. The molecule has 12 bridgehead atoms. The molecule has 4 heteroatoms. The Morgan fingerprint density at radius 3 is 0.965 bits per heavy atom. The quantitative estimate of drug-likeness (QED) is 0.167. The number of allylic oxidation sites excluding steroid dienone is 9. The zero-order chi connectivity index (χ0) is 59.7. The number of rotatable bonds is 6. The van der Waals surface area contributed by atoms with Crippen LogP contribution in [0.4, 0.5) is 0 Å². The summed E-state index contributed by atoms with van der Waals surface area (Å²) in [7, 11) is 0. The molecule has 7 aromatic carbocycles. The van der Waals surface area contributed by atoms with Crippen molar-refractivity contribution in [2.75, 3.05) is 0 Å². The fourth-order valence-corrected chi connectivity index (χ4v) is 14.7. The SMILES string of the molecule is Cc1cc(C)c(C2=C3C=CC(=C(c4c(C)cc(C)cc4C)c4ccc([nH]4)C(c4ccccc4)=C4C=CC(=N4)C(c4c(C)cc(C)cc4C)=c4ccc(cc4)=C(c4c(C)cc(C)cc4C)c4ccc([nH]4)C(c4ccccc4)=C4C=CC2=N4)CC3)c(C)c1. The maximum atomic E-state index is 5.76. The van der Waals surface area contributed by atoms with Crippen molar-refractivity contribution in [3.63, 3.8) is 0 Å². The lowest BCUT2D eigenvalue weighted by Crippen LogP contribution is -2.19. The highest BCUT2D eigenvalue weighted by Crippen LogP contribution is 2.43. The highest BCUT2D eigenvalue weighted by atomic mass is 14.8. The Bertz CT molecular complexity index is 4650. The Kier molecular flexibility index (Phi) is 14.5. The summed E-state index contributed by atoms with van der Waals surface area (Å²) < 4.78 is 0. The Balaban J connectivity index is 1.15. The number of benzene rings is 7. The minimum Gasteiger partial charge on any atom is -0.354 e. The first-order valence-corrected chi connectivity index (χ1v) is 30.4. The molecular formula is C82H74N4. The van der Waals surface area contributed by atoms with Crippen LogP contribution in [0.25, 0.3) is 33.4 Å². The van der Waals surface area contributed by atoms with E-state index in [2.05, 4.69) is 287 Å². The van der Waals surface area contributed by atoms with Crippen molar-refractivity contribution in [1.29, 1.82) is 0 Å². The topological polar surface area (TPSA) is 56.3 Å². The van der Waals surface area contributed by atoms with Crippen LogP contribution in [-0.4, -0.2) is 21.4 Å². The Hall–Kier alpha value is -9.64. The molecule has 2 aromatic heterocycles. The van der Waals surface area contributed by atoms with Crippen molar-refractivity contribution in [2.45, 2.75) is 95.9 Å². The smallest absolute Gasteiger partial charge is 0.0737 e. The molecule has 2 N–H and O–H groups in total. The van der Waals surface area contributed by atoms with Crippen molar-refractivity contribution in [1.82, 2.24) is 9.97 Å². The molecule has 0 saturated heterocycles. The van der Waals surface area contributed by atoms with Crippen molar-refractivity contribution < 1.29 is 0 Å². The van der Waals surface area contributed by atoms with E-state index in [9.17, 15) is 0 Å². The van der Waals surface area contributed by atoms with Crippen molar-refractivity contribution in [3.05, 3.63) is 350 Å². The first kappa shape index (κ1) is 55.5. The second kappa shape index (κ2) is 22.4. The third-order valence-electron chi connectivity index (χ3n) is 17.8. The van der Waals surface area contributed by atoms with Gasteiger partial charge in [0.25, 0.3) is 0 Å². The van der Waals surface area contributed by atoms with Crippen LogP contribution in [0.15, 0.2) is 227 Å². The predicted molar refractivity (Wildman–Crippen MR) is 363 cm³/mol. The molecule has 0 unspecified atom stereocenters. The molecule has 0 spiro atoms. The van der Waals surface area contributed by atoms with Gasteiger partial charge in [0.15, 0.2) is 0 Å². The maximum absolute atomic E-state index is 5.76. The zero-order valence-corrected chi connectivity index (χ0v) is 51.8. The van der Waals surface area contributed by atoms with Gasteiger partial charge in [0.1, 0.15) is 0 Å². The predicted octanol–water partition coefficient (Wildman–Crippen LogP) is 18.4. The molecule has 16 rings (SSSR count). The fourth-order valence-electron chi connectivity index (χ4n) is 14.7. The molecule has 422 valence electrons. The van der Waals surface area contributed by atoms with Gasteiger partial charge in [-0.1, -0.05) is 168 Å². The van der Waals surface area contributed by atoms with E-state index >= 15 is 0 Å². The first-order chi connectivity index (χ1) is 41.6. The van der Waals surface area contributed by atoms with E-state index in [-0.39, 0.29) is 0 Å². The maximum Gasteiger partial charge on any atom is 0.0737 e. The largest absolute Gasteiger partial charge is 0.354 e. The number of H-pyrrole nitrogens is 2. The van der Waals surface area contributed by atoms with Gasteiger partial charge >= 0.3 is 0 Å². The summed E-state index contributed by atoms with van der Waals surface area (Å²) in [6.45, 7) is 26.9. The van der Waals surface area contributed by atoms with E-state index in [1.165, 1.54) is 111 Å². The third kappa shape index (κ3) is 10.2. The molecule has 0 radical (unpaired) electrons. The van der Waals surface area contributed by atoms with Crippen LogP contribution in [0.3, 0.4) is 0 Å². The van der Waals surface area contributed by atoms with Crippen molar-refractivity contribution in [3.8, 4) is 0 Å². The van der Waals surface area contributed by atoms with Gasteiger partial charge in [0.05, 0.1) is 22.8 Å². The number of hydrogen-bond acceptors (Lipinski definition) is 2. The number of aromatic amines is 2. The van der Waals surface area contributed by atoms with Gasteiger partial charge in [0, 0.05) is 56.2 Å². The van der Waals surface area contributed by atoms with E-state index in [0.717, 1.165) is 102 Å². The number of nitrogens with one attached hydrogen (secondary N) is 2. The molecule has 6 aliphatic heterocycles. The third-order valence-corrected chi connectivity index (χ3v) is 17.8. The highest BCUT2D eigenvalue weighted by molar-refractivity contribution is 6.33. The summed E-state index contributed by atoms with van der Waals surface area (Å²) in [5.41, 5.74) is 39.3. The van der Waals surface area contributed by atoms with E-state index < -0.39 is 0 Å². The van der Waals surface area contributed by atoms with Crippen LogP contribution in [-0.2, 0) is 0 Å². The Morgan fingerprint density at radius 2 is 0.581 bits per heavy atom. The normalized spacial score (nSPS) is 15.1. The first-order valence-electron chi connectivity index (χ1n) is 30.4. The Morgan fingerprint density at radius 1 is 0.279 bits per heavy atom.